The predicted octanol–water partition coefficient (Wildman–Crippen LogP) is 0.752. The van der Waals surface area contributed by atoms with Gasteiger partial charge in [-0.2, -0.15) is 4.31 Å². The molecule has 1 aromatic carbocycles. The number of nitrogens with one attached hydrogen (secondary N) is 2. The van der Waals surface area contributed by atoms with Gasteiger partial charge < -0.3 is 19.4 Å². The highest BCUT2D eigenvalue weighted by molar-refractivity contribution is 7.89. The number of amides is 3. The molecule has 1 fully saturated rings. The van der Waals surface area contributed by atoms with E-state index in [0.717, 1.165) is 29.7 Å². The van der Waals surface area contributed by atoms with Gasteiger partial charge in [0.1, 0.15) is 19.8 Å². The number of benzene rings is 1. The van der Waals surface area contributed by atoms with Crippen molar-refractivity contribution in [3.63, 3.8) is 0 Å². The van der Waals surface area contributed by atoms with Gasteiger partial charge in [-0.25, -0.2) is 13.2 Å². The number of carbonyl (C=O) groups is 2. The molecule has 2 N–H and O–H groups in total. The minimum Gasteiger partial charge on any atom is -0.486 e. The summed E-state index contributed by atoms with van der Waals surface area (Å²) in [7, 11) is -3.74. The SMILES string of the molecule is O=C(Cn1cc(S(=O)(=O)N2CCCC2)ccc1=O)NC(=O)Nc1ccc2c(c1)OCCO2. The maximum atomic E-state index is 12.7. The van der Waals surface area contributed by atoms with Crippen molar-refractivity contribution >= 4 is 27.6 Å². The molecular formula is C20H22N4O7S. The molecule has 0 aliphatic carbocycles. The van der Waals surface area contributed by atoms with Gasteiger partial charge in [0.05, 0.1) is 4.90 Å². The van der Waals surface area contributed by atoms with Crippen molar-refractivity contribution < 1.29 is 27.5 Å². The topological polar surface area (TPSA) is 136 Å². The molecule has 3 heterocycles. The zero-order chi connectivity index (χ0) is 22.7. The third-order valence-corrected chi connectivity index (χ3v) is 6.91. The van der Waals surface area contributed by atoms with E-state index in [0.29, 0.717) is 43.5 Å². The monoisotopic (exact) mass is 462 g/mol. The average molecular weight is 462 g/mol. The Hall–Kier alpha value is -3.38. The first-order chi connectivity index (χ1) is 15.3. The lowest BCUT2D eigenvalue weighted by atomic mass is 10.2. The summed E-state index contributed by atoms with van der Waals surface area (Å²) in [6, 6.07) is 6.30. The van der Waals surface area contributed by atoms with Crippen molar-refractivity contribution in [2.75, 3.05) is 31.6 Å². The van der Waals surface area contributed by atoms with Gasteiger partial charge >= 0.3 is 6.03 Å². The van der Waals surface area contributed by atoms with Crippen molar-refractivity contribution in [2.24, 2.45) is 0 Å². The lowest BCUT2D eigenvalue weighted by Crippen LogP contribution is -2.38. The Balaban J connectivity index is 1.40. The van der Waals surface area contributed by atoms with Gasteiger partial charge in [-0.1, -0.05) is 0 Å². The first kappa shape index (κ1) is 21.8. The summed E-state index contributed by atoms with van der Waals surface area (Å²) in [5.41, 5.74) is -0.178. The van der Waals surface area contributed by atoms with E-state index in [9.17, 15) is 22.8 Å². The number of pyridine rings is 1. The molecule has 2 aliphatic heterocycles. The third-order valence-electron chi connectivity index (χ3n) is 5.03. The average Bonchev–Trinajstić information content (AvgIpc) is 3.31. The molecule has 1 aromatic heterocycles. The van der Waals surface area contributed by atoms with Gasteiger partial charge in [0.25, 0.3) is 5.56 Å². The lowest BCUT2D eigenvalue weighted by molar-refractivity contribution is -0.120. The Morgan fingerprint density at radius 2 is 1.72 bits per heavy atom. The van der Waals surface area contributed by atoms with Crippen molar-refractivity contribution in [2.45, 2.75) is 24.3 Å². The van der Waals surface area contributed by atoms with E-state index in [1.165, 1.54) is 10.4 Å². The van der Waals surface area contributed by atoms with Gasteiger partial charge in [0, 0.05) is 37.1 Å². The number of urea groups is 1. The fourth-order valence-corrected chi connectivity index (χ4v) is 5.00. The van der Waals surface area contributed by atoms with Crippen LogP contribution < -0.4 is 25.7 Å². The van der Waals surface area contributed by atoms with E-state index in [1.807, 2.05) is 0 Å². The van der Waals surface area contributed by atoms with E-state index in [-0.39, 0.29) is 4.90 Å². The molecule has 3 amide bonds. The molecule has 12 heteroatoms. The second-order valence-electron chi connectivity index (χ2n) is 7.30. The second kappa shape index (κ2) is 9.01. The number of fused-ring (bicyclic) bond motifs is 1. The molecule has 0 bridgehead atoms. The minimum absolute atomic E-state index is 0.0764. The summed E-state index contributed by atoms with van der Waals surface area (Å²) < 4.78 is 38.5. The van der Waals surface area contributed by atoms with Crippen LogP contribution in [0.5, 0.6) is 11.5 Å². The number of rotatable bonds is 5. The van der Waals surface area contributed by atoms with E-state index < -0.39 is 34.1 Å². The van der Waals surface area contributed by atoms with Crippen LogP contribution in [0.15, 0.2) is 46.2 Å². The second-order valence-corrected chi connectivity index (χ2v) is 9.24. The number of hydrogen-bond acceptors (Lipinski definition) is 7. The highest BCUT2D eigenvalue weighted by Crippen LogP contribution is 2.32. The van der Waals surface area contributed by atoms with Gasteiger partial charge in [-0.15, -0.1) is 0 Å². The van der Waals surface area contributed by atoms with E-state index in [2.05, 4.69) is 10.6 Å². The van der Waals surface area contributed by atoms with Crippen LogP contribution in [0, 0.1) is 0 Å². The highest BCUT2D eigenvalue weighted by atomic mass is 32.2. The smallest absolute Gasteiger partial charge is 0.325 e. The molecule has 0 unspecified atom stereocenters. The van der Waals surface area contributed by atoms with Crippen LogP contribution >= 0.6 is 0 Å². The summed E-state index contributed by atoms with van der Waals surface area (Å²) in [6.45, 7) is 1.15. The quantitative estimate of drug-likeness (QED) is 0.669. The largest absolute Gasteiger partial charge is 0.486 e. The van der Waals surface area contributed by atoms with Gasteiger partial charge in [0.15, 0.2) is 11.5 Å². The molecule has 0 saturated carbocycles. The number of aromatic nitrogens is 1. The molecular weight excluding hydrogens is 440 g/mol. The third kappa shape index (κ3) is 4.75. The van der Waals surface area contributed by atoms with Gasteiger partial charge in [-0.3, -0.25) is 14.9 Å². The Bertz CT molecular complexity index is 1200. The van der Waals surface area contributed by atoms with Crippen LogP contribution in [-0.4, -0.2) is 55.5 Å². The summed E-state index contributed by atoms with van der Waals surface area (Å²) in [4.78, 5) is 36.5. The van der Waals surface area contributed by atoms with Crippen molar-refractivity contribution in [1.29, 1.82) is 0 Å². The molecule has 0 atom stereocenters. The standard InChI is InChI=1S/C20H22N4O7S/c25-18(22-20(27)21-14-3-5-16-17(11-14)31-10-9-30-16)13-23-12-15(4-6-19(23)26)32(28,29)24-7-1-2-8-24/h3-6,11-12H,1-2,7-10,13H2,(H2,21,22,25,27). The Morgan fingerprint density at radius 3 is 2.47 bits per heavy atom. The summed E-state index contributed by atoms with van der Waals surface area (Å²) >= 11 is 0. The number of ether oxygens (including phenoxy) is 2. The van der Waals surface area contributed by atoms with Crippen LogP contribution in [0.2, 0.25) is 0 Å². The normalized spacial score (nSPS) is 15.9. The number of imide groups is 1. The molecule has 2 aromatic rings. The number of carbonyl (C=O) groups excluding carboxylic acids is 2. The van der Waals surface area contributed by atoms with E-state index >= 15 is 0 Å². The lowest BCUT2D eigenvalue weighted by Gasteiger charge is -2.19. The first-order valence-electron chi connectivity index (χ1n) is 10.0. The van der Waals surface area contributed by atoms with Crippen LogP contribution in [-0.2, 0) is 21.4 Å². The fourth-order valence-electron chi connectivity index (χ4n) is 3.47. The number of anilines is 1. The minimum atomic E-state index is -3.74. The number of nitrogens with zero attached hydrogens (tertiary/aromatic N) is 2. The van der Waals surface area contributed by atoms with Crippen LogP contribution in [0.4, 0.5) is 10.5 Å². The Morgan fingerprint density at radius 1 is 1.00 bits per heavy atom. The fraction of sp³-hybridized carbons (Fsp3) is 0.350. The van der Waals surface area contributed by atoms with Crippen LogP contribution in [0.1, 0.15) is 12.8 Å². The van der Waals surface area contributed by atoms with Gasteiger partial charge in [-0.05, 0) is 31.0 Å². The maximum absolute atomic E-state index is 12.7. The molecule has 4 rings (SSSR count). The molecule has 1 saturated heterocycles. The number of sulfonamides is 1. The molecule has 11 nitrogen and oxygen atoms in total. The zero-order valence-electron chi connectivity index (χ0n) is 17.1. The maximum Gasteiger partial charge on any atom is 0.325 e. The molecule has 2 aliphatic rings. The van der Waals surface area contributed by atoms with Crippen molar-refractivity contribution in [3.8, 4) is 11.5 Å². The Labute approximate surface area is 184 Å². The summed E-state index contributed by atoms with van der Waals surface area (Å²) in [6.07, 6.45) is 2.67. The van der Waals surface area contributed by atoms with E-state index in [4.69, 9.17) is 9.47 Å². The molecule has 32 heavy (non-hydrogen) atoms. The predicted molar refractivity (Wildman–Crippen MR) is 113 cm³/mol. The van der Waals surface area contributed by atoms with E-state index in [1.54, 1.807) is 18.2 Å². The summed E-state index contributed by atoms with van der Waals surface area (Å²) in [5.74, 6) is 0.252. The molecule has 0 spiro atoms. The van der Waals surface area contributed by atoms with Crippen molar-refractivity contribution in [3.05, 3.63) is 46.9 Å². The Kier molecular flexibility index (Phi) is 6.15. The molecule has 170 valence electrons. The van der Waals surface area contributed by atoms with Crippen LogP contribution in [0.25, 0.3) is 0 Å². The summed E-state index contributed by atoms with van der Waals surface area (Å²) in [5, 5.41) is 4.62. The first-order valence-corrected chi connectivity index (χ1v) is 11.5. The highest BCUT2D eigenvalue weighted by Gasteiger charge is 2.27. The van der Waals surface area contributed by atoms with Gasteiger partial charge in [0.2, 0.25) is 15.9 Å². The van der Waals surface area contributed by atoms with Crippen LogP contribution in [0.3, 0.4) is 0 Å². The molecule has 0 radical (unpaired) electrons. The van der Waals surface area contributed by atoms with Crippen molar-refractivity contribution in [1.82, 2.24) is 14.2 Å². The zero-order valence-corrected chi connectivity index (χ0v) is 17.9. The number of hydrogen-bond donors (Lipinski definition) is 2.